The Labute approximate surface area is 180 Å². The summed E-state index contributed by atoms with van der Waals surface area (Å²) in [6, 6.07) is 16.5. The van der Waals surface area contributed by atoms with Crippen LogP contribution in [0.5, 0.6) is 5.75 Å². The molecule has 1 aliphatic heterocycles. The summed E-state index contributed by atoms with van der Waals surface area (Å²) in [5.74, 6) is -0.184. The summed E-state index contributed by atoms with van der Waals surface area (Å²) < 4.78 is 16.0. The third-order valence-electron chi connectivity index (χ3n) is 5.21. The average molecular weight is 420 g/mol. The van der Waals surface area contributed by atoms with Crippen LogP contribution >= 0.6 is 0 Å². The number of hydrogen-bond donors (Lipinski definition) is 1. The maximum Gasteiger partial charge on any atom is 0.339 e. The Morgan fingerprint density at radius 2 is 1.97 bits per heavy atom. The molecule has 2 heterocycles. The maximum atomic E-state index is 12.8. The van der Waals surface area contributed by atoms with E-state index in [1.165, 1.54) is 0 Å². The Bertz CT molecular complexity index is 1080. The molecule has 1 aromatic heterocycles. The molecule has 1 aliphatic rings. The van der Waals surface area contributed by atoms with Crippen LogP contribution in [0.4, 0.5) is 0 Å². The number of rotatable bonds is 7. The SMILES string of the molecule is COc1ccc(-c2cc(C(=O)OCC(=O)NCC3CCCO3)c3ccccc3n2)cc1. The van der Waals surface area contributed by atoms with Gasteiger partial charge in [0.25, 0.3) is 5.91 Å². The molecule has 2 aromatic carbocycles. The summed E-state index contributed by atoms with van der Waals surface area (Å²) in [7, 11) is 1.61. The zero-order valence-electron chi connectivity index (χ0n) is 17.3. The van der Waals surface area contributed by atoms with Crippen molar-refractivity contribution in [2.75, 3.05) is 26.9 Å². The zero-order valence-corrected chi connectivity index (χ0v) is 17.3. The second kappa shape index (κ2) is 9.57. The van der Waals surface area contributed by atoms with Gasteiger partial charge in [0.05, 0.1) is 30.0 Å². The van der Waals surface area contributed by atoms with Crippen LogP contribution in [0.2, 0.25) is 0 Å². The molecule has 7 nitrogen and oxygen atoms in total. The molecule has 1 fully saturated rings. The first-order valence-corrected chi connectivity index (χ1v) is 10.2. The van der Waals surface area contributed by atoms with E-state index in [0.717, 1.165) is 30.8 Å². The molecule has 3 aromatic rings. The molecule has 0 radical (unpaired) electrons. The van der Waals surface area contributed by atoms with Crippen molar-refractivity contribution in [3.63, 3.8) is 0 Å². The second-order valence-corrected chi connectivity index (χ2v) is 7.32. The summed E-state index contributed by atoms with van der Waals surface area (Å²) >= 11 is 0. The van der Waals surface area contributed by atoms with Crippen LogP contribution in [0.1, 0.15) is 23.2 Å². The van der Waals surface area contributed by atoms with Crippen molar-refractivity contribution < 1.29 is 23.8 Å². The van der Waals surface area contributed by atoms with Crippen LogP contribution in [0.15, 0.2) is 54.6 Å². The van der Waals surface area contributed by atoms with Gasteiger partial charge in [-0.3, -0.25) is 4.79 Å². The number of pyridine rings is 1. The molecule has 1 N–H and O–H groups in total. The number of nitrogens with zero attached hydrogens (tertiary/aromatic N) is 1. The number of para-hydroxylation sites is 1. The van der Waals surface area contributed by atoms with Gasteiger partial charge in [0.15, 0.2) is 6.61 Å². The highest BCUT2D eigenvalue weighted by molar-refractivity contribution is 6.05. The number of nitrogens with one attached hydrogen (secondary N) is 1. The maximum absolute atomic E-state index is 12.8. The van der Waals surface area contributed by atoms with Crippen molar-refractivity contribution in [2.24, 2.45) is 0 Å². The number of fused-ring (bicyclic) bond motifs is 1. The quantitative estimate of drug-likeness (QED) is 0.590. The van der Waals surface area contributed by atoms with Crippen molar-refractivity contribution in [1.29, 1.82) is 0 Å². The lowest BCUT2D eigenvalue weighted by molar-refractivity contribution is -0.124. The van der Waals surface area contributed by atoms with E-state index in [4.69, 9.17) is 14.2 Å². The number of ether oxygens (including phenoxy) is 3. The molecule has 4 rings (SSSR count). The number of hydrogen-bond acceptors (Lipinski definition) is 6. The minimum atomic E-state index is -0.569. The van der Waals surface area contributed by atoms with E-state index in [1.54, 1.807) is 13.2 Å². The van der Waals surface area contributed by atoms with Crippen LogP contribution in [-0.2, 0) is 14.3 Å². The molecule has 0 bridgehead atoms. The van der Waals surface area contributed by atoms with E-state index < -0.39 is 5.97 Å². The van der Waals surface area contributed by atoms with Crippen molar-refractivity contribution in [3.8, 4) is 17.0 Å². The number of carbonyl (C=O) groups is 2. The van der Waals surface area contributed by atoms with Gasteiger partial charge < -0.3 is 19.5 Å². The van der Waals surface area contributed by atoms with Crippen molar-refractivity contribution in [3.05, 3.63) is 60.2 Å². The predicted octanol–water partition coefficient (Wildman–Crippen LogP) is 3.36. The molecule has 0 saturated carbocycles. The van der Waals surface area contributed by atoms with E-state index >= 15 is 0 Å². The second-order valence-electron chi connectivity index (χ2n) is 7.32. The third kappa shape index (κ3) is 5.00. The van der Waals surface area contributed by atoms with Crippen molar-refractivity contribution in [2.45, 2.75) is 18.9 Å². The molecule has 1 amide bonds. The van der Waals surface area contributed by atoms with Crippen LogP contribution in [0.25, 0.3) is 22.2 Å². The molecule has 1 atom stereocenters. The van der Waals surface area contributed by atoms with Crippen LogP contribution in [0, 0.1) is 0 Å². The van der Waals surface area contributed by atoms with Crippen LogP contribution in [-0.4, -0.2) is 49.8 Å². The smallest absolute Gasteiger partial charge is 0.339 e. The molecule has 160 valence electrons. The molecule has 7 heteroatoms. The fraction of sp³-hybridized carbons (Fsp3) is 0.292. The van der Waals surface area contributed by atoms with Crippen LogP contribution in [0.3, 0.4) is 0 Å². The van der Waals surface area contributed by atoms with E-state index in [0.29, 0.717) is 28.7 Å². The third-order valence-corrected chi connectivity index (χ3v) is 5.21. The van der Waals surface area contributed by atoms with E-state index in [1.807, 2.05) is 48.5 Å². The fourth-order valence-electron chi connectivity index (χ4n) is 3.55. The Morgan fingerprint density at radius 3 is 2.71 bits per heavy atom. The summed E-state index contributed by atoms with van der Waals surface area (Å²) in [5, 5.41) is 3.42. The Balaban J connectivity index is 1.51. The topological polar surface area (TPSA) is 86.8 Å². The van der Waals surface area contributed by atoms with Gasteiger partial charge in [-0.05, 0) is 49.2 Å². The first kappa shape index (κ1) is 20.8. The van der Waals surface area contributed by atoms with Gasteiger partial charge >= 0.3 is 5.97 Å². The van der Waals surface area contributed by atoms with Gasteiger partial charge in [0.1, 0.15) is 5.75 Å². The number of carbonyl (C=O) groups excluding carboxylic acids is 2. The fourth-order valence-corrected chi connectivity index (χ4v) is 3.55. The van der Waals surface area contributed by atoms with Gasteiger partial charge in [-0.2, -0.15) is 0 Å². The summed E-state index contributed by atoms with van der Waals surface area (Å²) in [4.78, 5) is 29.6. The lowest BCUT2D eigenvalue weighted by Gasteiger charge is -2.12. The van der Waals surface area contributed by atoms with E-state index in [-0.39, 0.29) is 18.6 Å². The highest BCUT2D eigenvalue weighted by Gasteiger charge is 2.19. The Hall–Kier alpha value is -3.45. The monoisotopic (exact) mass is 420 g/mol. The molecule has 1 unspecified atom stereocenters. The molecule has 31 heavy (non-hydrogen) atoms. The summed E-state index contributed by atoms with van der Waals surface area (Å²) in [6.45, 7) is 0.803. The number of benzene rings is 2. The highest BCUT2D eigenvalue weighted by atomic mass is 16.5. The zero-order chi connectivity index (χ0) is 21.6. The largest absolute Gasteiger partial charge is 0.497 e. The first-order chi connectivity index (χ1) is 15.1. The number of amides is 1. The highest BCUT2D eigenvalue weighted by Crippen LogP contribution is 2.26. The molecule has 0 spiro atoms. The molecular weight excluding hydrogens is 396 g/mol. The normalized spacial score (nSPS) is 15.6. The lowest BCUT2D eigenvalue weighted by Crippen LogP contribution is -2.34. The van der Waals surface area contributed by atoms with Crippen molar-refractivity contribution >= 4 is 22.8 Å². The van der Waals surface area contributed by atoms with E-state index in [2.05, 4.69) is 10.3 Å². The Morgan fingerprint density at radius 1 is 1.16 bits per heavy atom. The molecule has 1 saturated heterocycles. The van der Waals surface area contributed by atoms with Gasteiger partial charge in [-0.25, -0.2) is 9.78 Å². The average Bonchev–Trinajstić information content (AvgIpc) is 3.34. The first-order valence-electron chi connectivity index (χ1n) is 10.2. The number of methoxy groups -OCH3 is 1. The molecular formula is C24H24N2O5. The summed E-state index contributed by atoms with van der Waals surface area (Å²) in [5.41, 5.74) is 2.51. The van der Waals surface area contributed by atoms with Gasteiger partial charge in [0, 0.05) is 24.1 Å². The summed E-state index contributed by atoms with van der Waals surface area (Å²) in [6.07, 6.45) is 1.97. The minimum absolute atomic E-state index is 0.0378. The van der Waals surface area contributed by atoms with Crippen molar-refractivity contribution in [1.82, 2.24) is 10.3 Å². The van der Waals surface area contributed by atoms with Gasteiger partial charge in [0.2, 0.25) is 0 Å². The molecule has 0 aliphatic carbocycles. The van der Waals surface area contributed by atoms with Gasteiger partial charge in [-0.1, -0.05) is 18.2 Å². The minimum Gasteiger partial charge on any atom is -0.497 e. The predicted molar refractivity (Wildman–Crippen MR) is 116 cm³/mol. The van der Waals surface area contributed by atoms with Gasteiger partial charge in [-0.15, -0.1) is 0 Å². The van der Waals surface area contributed by atoms with Crippen LogP contribution < -0.4 is 10.1 Å². The Kier molecular flexibility index (Phi) is 6.43. The van der Waals surface area contributed by atoms with E-state index in [9.17, 15) is 9.59 Å². The standard InChI is InChI=1S/C24H24N2O5/c1-29-17-10-8-16(9-11-17)22-13-20(19-6-2-3-7-21(19)26-22)24(28)31-15-23(27)25-14-18-5-4-12-30-18/h2-3,6-11,13,18H,4-5,12,14-15H2,1H3,(H,25,27). The lowest BCUT2D eigenvalue weighted by atomic mass is 10.0. The number of aromatic nitrogens is 1. The number of esters is 1.